The third-order valence-corrected chi connectivity index (χ3v) is 4.64. The fraction of sp³-hybridized carbons (Fsp3) is 0.562. The summed E-state index contributed by atoms with van der Waals surface area (Å²) in [6, 6.07) is 4.70. The van der Waals surface area contributed by atoms with Crippen LogP contribution in [0.25, 0.3) is 0 Å². The Bertz CT molecular complexity index is 529. The topological polar surface area (TPSA) is 32.8 Å². The molecular weight excluding hydrogens is 307 g/mol. The Hall–Kier alpha value is -1.17. The average molecular weight is 327 g/mol. The number of rotatable bonds is 3. The molecule has 1 atom stereocenters. The summed E-state index contributed by atoms with van der Waals surface area (Å²) in [6.07, 6.45) is 1.68. The van der Waals surface area contributed by atoms with E-state index in [1.54, 1.807) is 12.1 Å². The van der Waals surface area contributed by atoms with E-state index in [4.69, 9.17) is 16.3 Å². The molecule has 4 nitrogen and oxygen atoms in total. The fourth-order valence-corrected chi connectivity index (χ4v) is 3.27. The van der Waals surface area contributed by atoms with Crippen LogP contribution < -0.4 is 0 Å². The Morgan fingerprint density at radius 2 is 2.09 bits per heavy atom. The molecule has 2 saturated heterocycles. The Labute approximate surface area is 134 Å². The van der Waals surface area contributed by atoms with Crippen LogP contribution in [0, 0.1) is 5.82 Å². The van der Waals surface area contributed by atoms with Gasteiger partial charge in [-0.25, -0.2) is 4.39 Å². The van der Waals surface area contributed by atoms with Gasteiger partial charge >= 0.3 is 0 Å². The average Bonchev–Trinajstić information content (AvgIpc) is 3.05. The molecule has 1 unspecified atom stereocenters. The summed E-state index contributed by atoms with van der Waals surface area (Å²) >= 11 is 6.08. The number of carbonyl (C=O) groups is 1. The van der Waals surface area contributed by atoms with Gasteiger partial charge in [0, 0.05) is 43.3 Å². The molecular formula is C16H20ClFN2O2. The van der Waals surface area contributed by atoms with Crippen molar-refractivity contribution in [2.24, 2.45) is 0 Å². The molecule has 120 valence electrons. The molecule has 22 heavy (non-hydrogen) atoms. The lowest BCUT2D eigenvalue weighted by Crippen LogP contribution is -2.50. The number of nitrogens with zero attached hydrogens (tertiary/aromatic N) is 2. The number of carbonyl (C=O) groups excluding carboxylic acids is 1. The summed E-state index contributed by atoms with van der Waals surface area (Å²) in [4.78, 5) is 16.3. The Morgan fingerprint density at radius 1 is 1.32 bits per heavy atom. The predicted molar refractivity (Wildman–Crippen MR) is 82.2 cm³/mol. The fourth-order valence-electron chi connectivity index (χ4n) is 3.04. The predicted octanol–water partition coefficient (Wildman–Crippen LogP) is 2.30. The van der Waals surface area contributed by atoms with Gasteiger partial charge in [-0.1, -0.05) is 17.7 Å². The van der Waals surface area contributed by atoms with Crippen LogP contribution in [0.5, 0.6) is 0 Å². The molecule has 3 rings (SSSR count). The SMILES string of the molecule is O=C(C1CN(Cc2c(F)cccc2Cl)CCO1)N1CCCC1. The van der Waals surface area contributed by atoms with E-state index >= 15 is 0 Å². The van der Waals surface area contributed by atoms with Crippen molar-refractivity contribution in [1.82, 2.24) is 9.80 Å². The summed E-state index contributed by atoms with van der Waals surface area (Å²) < 4.78 is 19.5. The van der Waals surface area contributed by atoms with Crippen LogP contribution in [-0.4, -0.2) is 54.6 Å². The first-order valence-corrected chi connectivity index (χ1v) is 8.08. The molecule has 1 amide bonds. The highest BCUT2D eigenvalue weighted by atomic mass is 35.5. The molecule has 2 heterocycles. The lowest BCUT2D eigenvalue weighted by Gasteiger charge is -2.34. The van der Waals surface area contributed by atoms with Crippen LogP contribution in [0.15, 0.2) is 18.2 Å². The van der Waals surface area contributed by atoms with Gasteiger partial charge in [0.25, 0.3) is 5.91 Å². The molecule has 0 radical (unpaired) electrons. The largest absolute Gasteiger partial charge is 0.366 e. The van der Waals surface area contributed by atoms with Crippen molar-refractivity contribution < 1.29 is 13.9 Å². The zero-order valence-electron chi connectivity index (χ0n) is 12.4. The first-order chi connectivity index (χ1) is 10.6. The number of halogens is 2. The van der Waals surface area contributed by atoms with Crippen molar-refractivity contribution in [3.05, 3.63) is 34.6 Å². The number of morpholine rings is 1. The van der Waals surface area contributed by atoms with Crippen LogP contribution >= 0.6 is 11.6 Å². The Balaban J connectivity index is 1.64. The van der Waals surface area contributed by atoms with Crippen molar-refractivity contribution in [2.45, 2.75) is 25.5 Å². The highest BCUT2D eigenvalue weighted by Crippen LogP contribution is 2.22. The maximum atomic E-state index is 13.9. The summed E-state index contributed by atoms with van der Waals surface area (Å²) in [7, 11) is 0. The van der Waals surface area contributed by atoms with Gasteiger partial charge in [-0.3, -0.25) is 9.69 Å². The first-order valence-electron chi connectivity index (χ1n) is 7.71. The smallest absolute Gasteiger partial charge is 0.253 e. The molecule has 0 bridgehead atoms. The zero-order chi connectivity index (χ0) is 15.5. The maximum Gasteiger partial charge on any atom is 0.253 e. The monoisotopic (exact) mass is 326 g/mol. The molecule has 6 heteroatoms. The van der Waals surface area contributed by atoms with E-state index in [-0.39, 0.29) is 11.7 Å². The molecule has 0 N–H and O–H groups in total. The normalized spacial score (nSPS) is 23.0. The highest BCUT2D eigenvalue weighted by Gasteiger charge is 2.31. The van der Waals surface area contributed by atoms with Crippen LogP contribution in [0.3, 0.4) is 0 Å². The van der Waals surface area contributed by atoms with Crippen molar-refractivity contribution in [1.29, 1.82) is 0 Å². The van der Waals surface area contributed by atoms with E-state index in [1.807, 2.05) is 9.80 Å². The summed E-state index contributed by atoms with van der Waals surface area (Å²) in [5.74, 6) is -0.247. The lowest BCUT2D eigenvalue weighted by atomic mass is 10.1. The number of ether oxygens (including phenoxy) is 1. The number of hydrogen-bond donors (Lipinski definition) is 0. The van der Waals surface area contributed by atoms with Crippen LogP contribution in [0.1, 0.15) is 18.4 Å². The third kappa shape index (κ3) is 3.42. The van der Waals surface area contributed by atoms with Crippen LogP contribution in [0.4, 0.5) is 4.39 Å². The van der Waals surface area contributed by atoms with Gasteiger partial charge in [0.05, 0.1) is 6.61 Å². The molecule has 0 saturated carbocycles. The minimum Gasteiger partial charge on any atom is -0.366 e. The second-order valence-electron chi connectivity index (χ2n) is 5.83. The minimum atomic E-state index is -0.447. The van der Waals surface area contributed by atoms with E-state index in [1.165, 1.54) is 6.07 Å². The maximum absolute atomic E-state index is 13.9. The summed E-state index contributed by atoms with van der Waals surface area (Å²) in [5, 5.41) is 0.425. The van der Waals surface area contributed by atoms with Crippen molar-refractivity contribution in [3.63, 3.8) is 0 Å². The van der Waals surface area contributed by atoms with Gasteiger partial charge in [-0.05, 0) is 25.0 Å². The van der Waals surface area contributed by atoms with Gasteiger partial charge in [0.1, 0.15) is 11.9 Å². The molecule has 0 aromatic heterocycles. The molecule has 2 aliphatic heterocycles. The van der Waals surface area contributed by atoms with E-state index in [2.05, 4.69) is 0 Å². The van der Waals surface area contributed by atoms with Gasteiger partial charge < -0.3 is 9.64 Å². The van der Waals surface area contributed by atoms with Crippen molar-refractivity contribution in [3.8, 4) is 0 Å². The molecule has 2 aliphatic rings. The highest BCUT2D eigenvalue weighted by molar-refractivity contribution is 6.31. The first kappa shape index (κ1) is 15.7. The van der Waals surface area contributed by atoms with Gasteiger partial charge in [-0.15, -0.1) is 0 Å². The molecule has 0 spiro atoms. The third-order valence-electron chi connectivity index (χ3n) is 4.29. The standard InChI is InChI=1S/C16H20ClFN2O2/c17-13-4-3-5-14(18)12(13)10-19-8-9-22-15(11-19)16(21)20-6-1-2-7-20/h3-5,15H,1-2,6-11H2. The zero-order valence-corrected chi connectivity index (χ0v) is 13.2. The Kier molecular flexibility index (Phi) is 4.96. The number of hydrogen-bond acceptors (Lipinski definition) is 3. The van der Waals surface area contributed by atoms with E-state index in [0.717, 1.165) is 25.9 Å². The van der Waals surface area contributed by atoms with E-state index in [0.29, 0.717) is 36.8 Å². The van der Waals surface area contributed by atoms with Crippen LogP contribution in [0.2, 0.25) is 5.02 Å². The molecule has 2 fully saturated rings. The van der Waals surface area contributed by atoms with Crippen molar-refractivity contribution >= 4 is 17.5 Å². The van der Waals surface area contributed by atoms with Gasteiger partial charge in [0.15, 0.2) is 0 Å². The number of benzene rings is 1. The minimum absolute atomic E-state index is 0.0573. The second kappa shape index (κ2) is 6.94. The molecule has 1 aromatic carbocycles. The number of likely N-dealkylation sites (tertiary alicyclic amines) is 1. The van der Waals surface area contributed by atoms with Crippen LogP contribution in [-0.2, 0) is 16.1 Å². The Morgan fingerprint density at radius 3 is 2.82 bits per heavy atom. The van der Waals surface area contributed by atoms with Gasteiger partial charge in [-0.2, -0.15) is 0 Å². The summed E-state index contributed by atoms with van der Waals surface area (Å²) in [5.41, 5.74) is 0.485. The quantitative estimate of drug-likeness (QED) is 0.854. The summed E-state index contributed by atoms with van der Waals surface area (Å²) in [6.45, 7) is 3.68. The second-order valence-corrected chi connectivity index (χ2v) is 6.23. The molecule has 1 aromatic rings. The van der Waals surface area contributed by atoms with Gasteiger partial charge in [0.2, 0.25) is 0 Å². The molecule has 0 aliphatic carbocycles. The lowest BCUT2D eigenvalue weighted by molar-refractivity contribution is -0.148. The van der Waals surface area contributed by atoms with E-state index in [9.17, 15) is 9.18 Å². The number of amides is 1. The van der Waals surface area contributed by atoms with Crippen molar-refractivity contribution in [2.75, 3.05) is 32.8 Å². The van der Waals surface area contributed by atoms with E-state index < -0.39 is 6.10 Å².